The van der Waals surface area contributed by atoms with Gasteiger partial charge in [-0.1, -0.05) is 13.8 Å². The highest BCUT2D eigenvalue weighted by atomic mass is 32.2. The normalized spacial score (nSPS) is 13.7. The molecule has 21 heavy (non-hydrogen) atoms. The topological polar surface area (TPSA) is 81.4 Å². The first-order chi connectivity index (χ1) is 9.61. The van der Waals surface area contributed by atoms with Crippen LogP contribution in [0.5, 0.6) is 0 Å². The average molecular weight is 314 g/mol. The predicted octanol–water partition coefficient (Wildman–Crippen LogP) is 2.14. The van der Waals surface area contributed by atoms with Crippen LogP contribution in [-0.2, 0) is 14.8 Å². The number of nitrogen functional groups attached to an aromatic ring is 1. The Morgan fingerprint density at radius 2 is 1.81 bits per heavy atom. The number of anilines is 1. The van der Waals surface area contributed by atoms with E-state index in [9.17, 15) is 8.42 Å². The van der Waals surface area contributed by atoms with Crippen LogP contribution in [0.2, 0.25) is 0 Å². The zero-order valence-electron chi connectivity index (χ0n) is 13.6. The maximum Gasteiger partial charge on any atom is 0.241 e. The summed E-state index contributed by atoms with van der Waals surface area (Å²) in [6.45, 7) is 9.64. The smallest absolute Gasteiger partial charge is 0.241 e. The molecule has 1 aromatic rings. The maximum atomic E-state index is 12.7. The molecule has 0 saturated heterocycles. The summed E-state index contributed by atoms with van der Waals surface area (Å²) in [4.78, 5) is 0.279. The van der Waals surface area contributed by atoms with E-state index in [-0.39, 0.29) is 16.9 Å². The van der Waals surface area contributed by atoms with Crippen molar-refractivity contribution in [3.05, 3.63) is 22.8 Å². The molecular weight excluding hydrogens is 288 g/mol. The number of hydrogen-bond donors (Lipinski definition) is 2. The molecule has 0 amide bonds. The van der Waals surface area contributed by atoms with Gasteiger partial charge in [-0.2, -0.15) is 0 Å². The molecule has 5 nitrogen and oxygen atoms in total. The lowest BCUT2D eigenvalue weighted by molar-refractivity contribution is 0.157. The summed E-state index contributed by atoms with van der Waals surface area (Å²) in [5.41, 5.74) is 8.60. The zero-order valence-corrected chi connectivity index (χ0v) is 14.5. The molecule has 0 heterocycles. The highest BCUT2D eigenvalue weighted by molar-refractivity contribution is 7.89. The number of aryl methyl sites for hydroxylation is 1. The Labute approximate surface area is 127 Å². The molecule has 1 aromatic carbocycles. The monoisotopic (exact) mass is 314 g/mol. The van der Waals surface area contributed by atoms with Crippen molar-refractivity contribution in [2.24, 2.45) is 5.92 Å². The third-order valence-corrected chi connectivity index (χ3v) is 5.57. The van der Waals surface area contributed by atoms with Gasteiger partial charge in [0.05, 0.1) is 11.5 Å². The van der Waals surface area contributed by atoms with Crippen molar-refractivity contribution >= 4 is 15.7 Å². The van der Waals surface area contributed by atoms with Crippen LogP contribution in [0.1, 0.15) is 30.5 Å². The Balaban J connectivity index is 3.32. The van der Waals surface area contributed by atoms with Gasteiger partial charge in [0.15, 0.2) is 0 Å². The highest BCUT2D eigenvalue weighted by Crippen LogP contribution is 2.28. The lowest BCUT2D eigenvalue weighted by atomic mass is 10.1. The summed E-state index contributed by atoms with van der Waals surface area (Å²) in [5.74, 6) is 0.127. The van der Waals surface area contributed by atoms with Gasteiger partial charge in [0.2, 0.25) is 10.0 Å². The molecule has 0 fully saturated rings. The molecule has 0 aliphatic carbocycles. The van der Waals surface area contributed by atoms with Gasteiger partial charge in [0.25, 0.3) is 0 Å². The van der Waals surface area contributed by atoms with Crippen molar-refractivity contribution in [2.75, 3.05) is 19.5 Å². The van der Waals surface area contributed by atoms with Crippen LogP contribution in [0, 0.1) is 26.7 Å². The van der Waals surface area contributed by atoms with E-state index in [4.69, 9.17) is 10.5 Å². The van der Waals surface area contributed by atoms with E-state index in [0.29, 0.717) is 17.9 Å². The average Bonchev–Trinajstić information content (AvgIpc) is 2.35. The first-order valence-electron chi connectivity index (χ1n) is 6.99. The molecule has 1 rings (SSSR count). The summed E-state index contributed by atoms with van der Waals surface area (Å²) in [5, 5.41) is 0. The van der Waals surface area contributed by atoms with E-state index in [1.165, 1.54) is 0 Å². The van der Waals surface area contributed by atoms with E-state index in [1.54, 1.807) is 27.0 Å². The second kappa shape index (κ2) is 6.77. The number of benzene rings is 1. The van der Waals surface area contributed by atoms with Crippen molar-refractivity contribution in [3.8, 4) is 0 Å². The molecule has 0 saturated carbocycles. The first-order valence-corrected chi connectivity index (χ1v) is 8.47. The van der Waals surface area contributed by atoms with Crippen molar-refractivity contribution in [1.82, 2.24) is 4.72 Å². The first kappa shape index (κ1) is 17.9. The minimum Gasteiger partial charge on any atom is -0.398 e. The van der Waals surface area contributed by atoms with Gasteiger partial charge >= 0.3 is 0 Å². The standard InChI is InChI=1S/C15H26N2O3S/c1-9(2)14(8-20-6)17-21(18,19)15-11(4)10(3)7-13(16)12(15)5/h7,9,14,17H,8,16H2,1-6H3. The lowest BCUT2D eigenvalue weighted by Crippen LogP contribution is -2.42. The van der Waals surface area contributed by atoms with Crippen LogP contribution >= 0.6 is 0 Å². The molecule has 0 bridgehead atoms. The van der Waals surface area contributed by atoms with Crippen molar-refractivity contribution in [1.29, 1.82) is 0 Å². The Kier molecular flexibility index (Phi) is 5.78. The zero-order chi connectivity index (χ0) is 16.4. The summed E-state index contributed by atoms with van der Waals surface area (Å²) < 4.78 is 33.3. The SMILES string of the molecule is COCC(NS(=O)(=O)c1c(C)c(C)cc(N)c1C)C(C)C. The maximum absolute atomic E-state index is 12.7. The van der Waals surface area contributed by atoms with Gasteiger partial charge < -0.3 is 10.5 Å². The quantitative estimate of drug-likeness (QED) is 0.788. The van der Waals surface area contributed by atoms with Crippen LogP contribution in [-0.4, -0.2) is 28.2 Å². The molecular formula is C15H26N2O3S. The molecule has 120 valence electrons. The number of ether oxygens (including phenoxy) is 1. The number of sulfonamides is 1. The molecule has 1 atom stereocenters. The van der Waals surface area contributed by atoms with Crippen LogP contribution < -0.4 is 10.5 Å². The summed E-state index contributed by atoms with van der Waals surface area (Å²) >= 11 is 0. The molecule has 0 spiro atoms. The predicted molar refractivity (Wildman–Crippen MR) is 85.9 cm³/mol. The number of nitrogens with two attached hydrogens (primary N) is 1. The Morgan fingerprint density at radius 1 is 1.24 bits per heavy atom. The highest BCUT2D eigenvalue weighted by Gasteiger charge is 2.26. The Hall–Kier alpha value is -1.11. The van der Waals surface area contributed by atoms with Crippen LogP contribution in [0.25, 0.3) is 0 Å². The van der Waals surface area contributed by atoms with Crippen LogP contribution in [0.15, 0.2) is 11.0 Å². The van der Waals surface area contributed by atoms with E-state index >= 15 is 0 Å². The van der Waals surface area contributed by atoms with Gasteiger partial charge in [0.1, 0.15) is 0 Å². The molecule has 0 aliphatic heterocycles. The van der Waals surface area contributed by atoms with Crippen molar-refractivity contribution in [3.63, 3.8) is 0 Å². The fourth-order valence-corrected chi connectivity index (χ4v) is 4.19. The number of hydrogen-bond acceptors (Lipinski definition) is 4. The minimum atomic E-state index is -3.64. The number of nitrogens with one attached hydrogen (secondary N) is 1. The Bertz CT molecular complexity index is 584. The summed E-state index contributed by atoms with van der Waals surface area (Å²) in [7, 11) is -2.08. The molecule has 6 heteroatoms. The van der Waals surface area contributed by atoms with E-state index < -0.39 is 10.0 Å². The fraction of sp³-hybridized carbons (Fsp3) is 0.600. The molecule has 0 aromatic heterocycles. The van der Waals surface area contributed by atoms with Crippen LogP contribution in [0.3, 0.4) is 0 Å². The van der Waals surface area contributed by atoms with Crippen molar-refractivity contribution in [2.45, 2.75) is 45.6 Å². The fourth-order valence-electron chi connectivity index (χ4n) is 2.24. The third kappa shape index (κ3) is 3.96. The molecule has 0 aliphatic rings. The Morgan fingerprint density at radius 3 is 2.29 bits per heavy atom. The van der Waals surface area contributed by atoms with Crippen molar-refractivity contribution < 1.29 is 13.2 Å². The van der Waals surface area contributed by atoms with Crippen LogP contribution in [0.4, 0.5) is 5.69 Å². The number of methoxy groups -OCH3 is 1. The second-order valence-electron chi connectivity index (χ2n) is 5.79. The second-order valence-corrected chi connectivity index (χ2v) is 7.44. The summed E-state index contributed by atoms with van der Waals surface area (Å²) in [6, 6.07) is 1.53. The number of rotatable bonds is 6. The lowest BCUT2D eigenvalue weighted by Gasteiger charge is -2.23. The molecule has 0 radical (unpaired) electrons. The van der Waals surface area contributed by atoms with Gasteiger partial charge in [0, 0.05) is 18.8 Å². The molecule has 1 unspecified atom stereocenters. The van der Waals surface area contributed by atoms with Gasteiger partial charge in [-0.05, 0) is 49.4 Å². The van der Waals surface area contributed by atoms with E-state index in [2.05, 4.69) is 4.72 Å². The van der Waals surface area contributed by atoms with E-state index in [1.807, 2.05) is 20.8 Å². The van der Waals surface area contributed by atoms with Gasteiger partial charge in [-0.25, -0.2) is 13.1 Å². The minimum absolute atomic E-state index is 0.127. The third-order valence-electron chi connectivity index (χ3n) is 3.80. The van der Waals surface area contributed by atoms with Gasteiger partial charge in [-0.15, -0.1) is 0 Å². The van der Waals surface area contributed by atoms with E-state index in [0.717, 1.165) is 11.1 Å². The largest absolute Gasteiger partial charge is 0.398 e. The molecule has 3 N–H and O–H groups in total. The van der Waals surface area contributed by atoms with Gasteiger partial charge in [-0.3, -0.25) is 0 Å². The summed E-state index contributed by atoms with van der Waals surface area (Å²) in [6.07, 6.45) is 0.